The van der Waals surface area contributed by atoms with E-state index in [1.165, 1.54) is 29.5 Å². The Morgan fingerprint density at radius 2 is 1.75 bits per heavy atom. The van der Waals surface area contributed by atoms with Crippen molar-refractivity contribution < 1.29 is 4.74 Å². The van der Waals surface area contributed by atoms with Gasteiger partial charge in [0.1, 0.15) is 0 Å². The number of hydrogen-bond acceptors (Lipinski definition) is 4. The molecule has 5 heteroatoms. The van der Waals surface area contributed by atoms with E-state index in [0.717, 1.165) is 42.4 Å². The van der Waals surface area contributed by atoms with Crippen LogP contribution in [-0.4, -0.2) is 41.4 Å². The van der Waals surface area contributed by atoms with Crippen molar-refractivity contribution >= 4 is 10.9 Å². The summed E-state index contributed by atoms with van der Waals surface area (Å²) in [5.41, 5.74) is 6.74. The van der Waals surface area contributed by atoms with Crippen LogP contribution in [0.25, 0.3) is 22.0 Å². The first-order valence-corrected chi connectivity index (χ1v) is 13.0. The minimum Gasteiger partial charge on any atom is -0.376 e. The SMILES string of the molecule is CN1CCC(COCc2cc(-c3ccc(C#N)cc3)cc3cnn(C4CC4)c23)(c2ccccc2)CC1. The molecule has 1 aliphatic carbocycles. The first kappa shape index (κ1) is 23.0. The molecule has 0 N–H and O–H groups in total. The molecule has 2 aliphatic rings. The lowest BCUT2D eigenvalue weighted by atomic mass is 9.73. The highest BCUT2D eigenvalue weighted by Crippen LogP contribution is 2.40. The summed E-state index contributed by atoms with van der Waals surface area (Å²) in [5, 5.41) is 15.1. The van der Waals surface area contributed by atoms with E-state index in [1.807, 2.05) is 30.5 Å². The highest BCUT2D eigenvalue weighted by Gasteiger charge is 2.36. The van der Waals surface area contributed by atoms with Gasteiger partial charge < -0.3 is 9.64 Å². The molecular weight excluding hydrogens is 444 g/mol. The van der Waals surface area contributed by atoms with Crippen LogP contribution in [0.1, 0.15) is 48.4 Å². The fraction of sp³-hybridized carbons (Fsp3) is 0.355. The molecule has 3 aromatic carbocycles. The Kier molecular flexibility index (Phi) is 6.08. The fourth-order valence-electron chi connectivity index (χ4n) is 5.60. The summed E-state index contributed by atoms with van der Waals surface area (Å²) in [7, 11) is 2.21. The Hall–Kier alpha value is -3.46. The first-order chi connectivity index (χ1) is 17.6. The van der Waals surface area contributed by atoms with Crippen molar-refractivity contribution in [1.29, 1.82) is 5.26 Å². The largest absolute Gasteiger partial charge is 0.376 e. The molecule has 1 saturated heterocycles. The maximum Gasteiger partial charge on any atom is 0.0991 e. The Bertz CT molecular complexity index is 1390. The summed E-state index contributed by atoms with van der Waals surface area (Å²) in [6.07, 6.45) is 6.59. The molecule has 4 aromatic rings. The predicted molar refractivity (Wildman–Crippen MR) is 143 cm³/mol. The summed E-state index contributed by atoms with van der Waals surface area (Å²) in [6.45, 7) is 3.45. The van der Waals surface area contributed by atoms with Crippen molar-refractivity contribution in [3.8, 4) is 17.2 Å². The predicted octanol–water partition coefficient (Wildman–Crippen LogP) is 6.09. The van der Waals surface area contributed by atoms with Crippen LogP contribution < -0.4 is 0 Å². The Morgan fingerprint density at radius 3 is 2.44 bits per heavy atom. The highest BCUT2D eigenvalue weighted by molar-refractivity contribution is 5.88. The zero-order chi connectivity index (χ0) is 24.5. The first-order valence-electron chi connectivity index (χ1n) is 13.0. The summed E-state index contributed by atoms with van der Waals surface area (Å²) in [6, 6.07) is 25.9. The average Bonchev–Trinajstić information content (AvgIpc) is 3.69. The number of ether oxygens (including phenoxy) is 1. The van der Waals surface area contributed by atoms with E-state index < -0.39 is 0 Å². The molecule has 36 heavy (non-hydrogen) atoms. The lowest BCUT2D eigenvalue weighted by Gasteiger charge is -2.41. The molecular formula is C31H32N4O. The number of fused-ring (bicyclic) bond motifs is 1. The quantitative estimate of drug-likeness (QED) is 0.324. The van der Waals surface area contributed by atoms with Gasteiger partial charge in [0.2, 0.25) is 0 Å². The van der Waals surface area contributed by atoms with Crippen molar-refractivity contribution in [2.24, 2.45) is 0 Å². The number of nitriles is 1. The van der Waals surface area contributed by atoms with Crippen LogP contribution in [-0.2, 0) is 16.8 Å². The lowest BCUT2D eigenvalue weighted by molar-refractivity contribution is 0.0411. The van der Waals surface area contributed by atoms with Gasteiger partial charge in [0.15, 0.2) is 0 Å². The molecule has 182 valence electrons. The Balaban J connectivity index is 1.31. The molecule has 1 aliphatic heterocycles. The monoisotopic (exact) mass is 476 g/mol. The number of piperidine rings is 1. The van der Waals surface area contributed by atoms with Gasteiger partial charge in [-0.3, -0.25) is 4.68 Å². The van der Waals surface area contributed by atoms with Gasteiger partial charge in [0, 0.05) is 16.4 Å². The number of aromatic nitrogens is 2. The van der Waals surface area contributed by atoms with Crippen LogP contribution >= 0.6 is 0 Å². The molecule has 6 rings (SSSR count). The van der Waals surface area contributed by atoms with Crippen LogP contribution in [0.15, 0.2) is 72.9 Å². The van der Waals surface area contributed by atoms with E-state index in [9.17, 15) is 5.26 Å². The minimum absolute atomic E-state index is 0.0500. The average molecular weight is 477 g/mol. The van der Waals surface area contributed by atoms with Crippen LogP contribution in [0.3, 0.4) is 0 Å². The van der Waals surface area contributed by atoms with E-state index in [2.05, 4.69) is 65.2 Å². The highest BCUT2D eigenvalue weighted by atomic mass is 16.5. The standard InChI is InChI=1S/C31H32N4O/c1-34-15-13-31(14-16-34,28-5-3-2-4-6-28)22-36-21-27-18-25(24-9-7-23(19-32)8-10-24)17-26-20-33-35(30(26)27)29-11-12-29/h2-10,17-18,20,29H,11-16,21-22H2,1H3. The topological polar surface area (TPSA) is 54.1 Å². The zero-order valence-electron chi connectivity index (χ0n) is 20.9. The Labute approximate surface area is 212 Å². The summed E-state index contributed by atoms with van der Waals surface area (Å²) >= 11 is 0. The van der Waals surface area contributed by atoms with E-state index in [-0.39, 0.29) is 5.41 Å². The molecule has 1 saturated carbocycles. The maximum absolute atomic E-state index is 9.19. The third-order valence-electron chi connectivity index (χ3n) is 7.97. The van der Waals surface area contributed by atoms with Crippen molar-refractivity contribution in [3.05, 3.63) is 89.6 Å². The fourth-order valence-corrected chi connectivity index (χ4v) is 5.60. The van der Waals surface area contributed by atoms with Gasteiger partial charge in [0.25, 0.3) is 0 Å². The van der Waals surface area contributed by atoms with Gasteiger partial charge >= 0.3 is 0 Å². The summed E-state index contributed by atoms with van der Waals surface area (Å²) in [4.78, 5) is 2.42. The molecule has 0 atom stereocenters. The lowest BCUT2D eigenvalue weighted by Crippen LogP contribution is -2.43. The van der Waals surface area contributed by atoms with Crippen LogP contribution in [0, 0.1) is 11.3 Å². The van der Waals surface area contributed by atoms with Crippen LogP contribution in [0.4, 0.5) is 0 Å². The van der Waals surface area contributed by atoms with E-state index in [4.69, 9.17) is 9.84 Å². The number of nitrogens with zero attached hydrogens (tertiary/aromatic N) is 4. The minimum atomic E-state index is 0.0500. The van der Waals surface area contributed by atoms with Gasteiger partial charge in [-0.2, -0.15) is 10.4 Å². The van der Waals surface area contributed by atoms with E-state index >= 15 is 0 Å². The van der Waals surface area contributed by atoms with Gasteiger partial charge in [0.05, 0.1) is 42.6 Å². The van der Waals surface area contributed by atoms with E-state index in [0.29, 0.717) is 24.8 Å². The molecule has 5 nitrogen and oxygen atoms in total. The molecule has 2 heterocycles. The van der Waals surface area contributed by atoms with Crippen molar-refractivity contribution in [2.45, 2.75) is 43.7 Å². The maximum atomic E-state index is 9.19. The Morgan fingerprint density at radius 1 is 1.00 bits per heavy atom. The zero-order valence-corrected chi connectivity index (χ0v) is 20.9. The number of rotatable bonds is 7. The molecule has 0 spiro atoms. The smallest absolute Gasteiger partial charge is 0.0991 e. The van der Waals surface area contributed by atoms with Crippen molar-refractivity contribution in [3.63, 3.8) is 0 Å². The van der Waals surface area contributed by atoms with Crippen LogP contribution in [0.5, 0.6) is 0 Å². The molecule has 0 radical (unpaired) electrons. The van der Waals surface area contributed by atoms with Gasteiger partial charge in [-0.15, -0.1) is 0 Å². The number of likely N-dealkylation sites (tertiary alicyclic amines) is 1. The molecule has 0 bridgehead atoms. The molecule has 2 fully saturated rings. The van der Waals surface area contributed by atoms with Crippen molar-refractivity contribution in [1.82, 2.24) is 14.7 Å². The number of benzene rings is 3. The van der Waals surface area contributed by atoms with E-state index in [1.54, 1.807) is 0 Å². The summed E-state index contributed by atoms with van der Waals surface area (Å²) < 4.78 is 8.82. The third-order valence-corrected chi connectivity index (χ3v) is 7.97. The third kappa shape index (κ3) is 4.43. The van der Waals surface area contributed by atoms with Crippen molar-refractivity contribution in [2.75, 3.05) is 26.7 Å². The molecule has 1 aromatic heterocycles. The summed E-state index contributed by atoms with van der Waals surface area (Å²) in [5.74, 6) is 0. The second-order valence-corrected chi connectivity index (χ2v) is 10.5. The number of hydrogen-bond donors (Lipinski definition) is 0. The second kappa shape index (κ2) is 9.54. The second-order valence-electron chi connectivity index (χ2n) is 10.5. The van der Waals surface area contributed by atoms with Gasteiger partial charge in [-0.05, 0) is 86.8 Å². The normalized spacial score (nSPS) is 17.8. The van der Waals surface area contributed by atoms with Crippen LogP contribution in [0.2, 0.25) is 0 Å². The van der Waals surface area contributed by atoms with Gasteiger partial charge in [-0.25, -0.2) is 0 Å². The molecule has 0 amide bonds. The van der Waals surface area contributed by atoms with Gasteiger partial charge in [-0.1, -0.05) is 42.5 Å². The molecule has 0 unspecified atom stereocenters.